The molecule has 4 rings (SSSR count). The van der Waals surface area contributed by atoms with Crippen molar-refractivity contribution in [3.8, 4) is 17.2 Å². The van der Waals surface area contributed by atoms with Crippen LogP contribution < -0.4 is 14.2 Å². The smallest absolute Gasteiger partial charge is 0.363 e. The molecule has 6 heteroatoms. The first-order chi connectivity index (χ1) is 12.2. The summed E-state index contributed by atoms with van der Waals surface area (Å²) in [6.07, 6.45) is 1.66. The van der Waals surface area contributed by atoms with Crippen LogP contribution >= 0.6 is 0 Å². The average molecular weight is 337 g/mol. The van der Waals surface area contributed by atoms with Gasteiger partial charge in [0.25, 0.3) is 0 Å². The van der Waals surface area contributed by atoms with E-state index in [-0.39, 0.29) is 11.6 Å². The van der Waals surface area contributed by atoms with Gasteiger partial charge in [0.2, 0.25) is 5.90 Å². The maximum Gasteiger partial charge on any atom is 0.363 e. The minimum absolute atomic E-state index is 0.238. The maximum atomic E-state index is 12.1. The van der Waals surface area contributed by atoms with Crippen LogP contribution in [0.1, 0.15) is 11.1 Å². The summed E-state index contributed by atoms with van der Waals surface area (Å²) in [6, 6.07) is 12.6. The molecule has 126 valence electrons. The molecule has 0 aromatic heterocycles. The van der Waals surface area contributed by atoms with Crippen molar-refractivity contribution in [3.63, 3.8) is 0 Å². The van der Waals surface area contributed by atoms with E-state index in [4.69, 9.17) is 18.9 Å². The van der Waals surface area contributed by atoms with Crippen LogP contribution in [0.5, 0.6) is 17.2 Å². The number of hydrogen-bond acceptors (Lipinski definition) is 6. The largest absolute Gasteiger partial charge is 0.497 e. The van der Waals surface area contributed by atoms with Gasteiger partial charge in [-0.05, 0) is 48.0 Å². The molecule has 25 heavy (non-hydrogen) atoms. The van der Waals surface area contributed by atoms with Crippen molar-refractivity contribution in [2.24, 2.45) is 4.99 Å². The zero-order valence-electron chi connectivity index (χ0n) is 13.5. The number of cyclic esters (lactones) is 1. The van der Waals surface area contributed by atoms with Gasteiger partial charge in [0.05, 0.1) is 7.11 Å². The fourth-order valence-electron chi connectivity index (χ4n) is 2.57. The van der Waals surface area contributed by atoms with Gasteiger partial charge in [-0.15, -0.1) is 0 Å². The van der Waals surface area contributed by atoms with Crippen molar-refractivity contribution in [1.82, 2.24) is 0 Å². The van der Waals surface area contributed by atoms with E-state index >= 15 is 0 Å². The molecule has 2 aromatic carbocycles. The van der Waals surface area contributed by atoms with Gasteiger partial charge in [-0.25, -0.2) is 9.79 Å². The zero-order chi connectivity index (χ0) is 17.2. The lowest BCUT2D eigenvalue weighted by Crippen LogP contribution is -2.15. The Labute approximate surface area is 144 Å². The molecule has 2 aromatic rings. The van der Waals surface area contributed by atoms with Crippen LogP contribution in [0.15, 0.2) is 53.2 Å². The van der Waals surface area contributed by atoms with Gasteiger partial charge in [0.15, 0.2) is 17.2 Å². The molecule has 0 unspecified atom stereocenters. The Morgan fingerprint density at radius 2 is 1.80 bits per heavy atom. The van der Waals surface area contributed by atoms with Crippen LogP contribution in [-0.2, 0) is 9.53 Å². The molecule has 0 spiro atoms. The van der Waals surface area contributed by atoms with E-state index in [0.29, 0.717) is 30.3 Å². The SMILES string of the molecule is COc1ccc(C2=N/C(=C\c3ccc4c(c3)OCCO4)C(=O)O2)cc1. The normalized spacial score (nSPS) is 17.2. The Bertz CT molecular complexity index is 883. The first-order valence-electron chi connectivity index (χ1n) is 7.79. The third kappa shape index (κ3) is 3.06. The van der Waals surface area contributed by atoms with E-state index in [0.717, 1.165) is 11.3 Å². The van der Waals surface area contributed by atoms with Gasteiger partial charge in [0, 0.05) is 5.56 Å². The number of rotatable bonds is 3. The molecular weight excluding hydrogens is 322 g/mol. The fourth-order valence-corrected chi connectivity index (χ4v) is 2.57. The molecule has 2 aliphatic rings. The number of ether oxygens (including phenoxy) is 4. The van der Waals surface area contributed by atoms with Crippen LogP contribution in [0.2, 0.25) is 0 Å². The second kappa shape index (κ2) is 6.32. The number of hydrogen-bond donors (Lipinski definition) is 0. The van der Waals surface area contributed by atoms with E-state index in [1.54, 1.807) is 37.5 Å². The number of carbonyl (C=O) groups is 1. The summed E-state index contributed by atoms with van der Waals surface area (Å²) in [4.78, 5) is 16.4. The van der Waals surface area contributed by atoms with E-state index in [1.165, 1.54) is 0 Å². The lowest BCUT2D eigenvalue weighted by molar-refractivity contribution is -0.129. The van der Waals surface area contributed by atoms with Crippen molar-refractivity contribution >= 4 is 17.9 Å². The van der Waals surface area contributed by atoms with Crippen LogP contribution in [-0.4, -0.2) is 32.2 Å². The first-order valence-corrected chi connectivity index (χ1v) is 7.79. The van der Waals surface area contributed by atoms with E-state index in [2.05, 4.69) is 4.99 Å². The molecular formula is C19H15NO5. The van der Waals surface area contributed by atoms with Gasteiger partial charge < -0.3 is 18.9 Å². The number of fused-ring (bicyclic) bond motifs is 1. The minimum Gasteiger partial charge on any atom is -0.497 e. The third-order valence-electron chi connectivity index (χ3n) is 3.83. The van der Waals surface area contributed by atoms with Crippen molar-refractivity contribution in [2.75, 3.05) is 20.3 Å². The predicted octanol–water partition coefficient (Wildman–Crippen LogP) is 2.81. The highest BCUT2D eigenvalue weighted by Gasteiger charge is 2.24. The molecule has 0 N–H and O–H groups in total. The first kappa shape index (κ1) is 15.3. The highest BCUT2D eigenvalue weighted by molar-refractivity contribution is 6.12. The number of methoxy groups -OCH3 is 1. The maximum absolute atomic E-state index is 12.1. The highest BCUT2D eigenvalue weighted by Crippen LogP contribution is 2.32. The number of aliphatic imine (C=N–C) groups is 1. The van der Waals surface area contributed by atoms with Gasteiger partial charge in [-0.1, -0.05) is 6.07 Å². The van der Waals surface area contributed by atoms with Crippen LogP contribution in [0.4, 0.5) is 0 Å². The molecule has 0 amide bonds. The van der Waals surface area contributed by atoms with Crippen LogP contribution in [0.25, 0.3) is 6.08 Å². The Morgan fingerprint density at radius 3 is 2.56 bits per heavy atom. The number of nitrogens with zero attached hydrogens (tertiary/aromatic N) is 1. The van der Waals surface area contributed by atoms with Crippen molar-refractivity contribution in [3.05, 3.63) is 59.3 Å². The summed E-state index contributed by atoms with van der Waals surface area (Å²) < 4.78 is 21.4. The zero-order valence-corrected chi connectivity index (χ0v) is 13.5. The summed E-state index contributed by atoms with van der Waals surface area (Å²) in [7, 11) is 1.59. The lowest BCUT2D eigenvalue weighted by Gasteiger charge is -2.18. The van der Waals surface area contributed by atoms with Gasteiger partial charge in [0.1, 0.15) is 19.0 Å². The third-order valence-corrected chi connectivity index (χ3v) is 3.83. The summed E-state index contributed by atoms with van der Waals surface area (Å²) >= 11 is 0. The van der Waals surface area contributed by atoms with Crippen molar-refractivity contribution < 1.29 is 23.7 Å². The van der Waals surface area contributed by atoms with E-state index in [9.17, 15) is 4.79 Å². The molecule has 0 fully saturated rings. The second-order valence-electron chi connectivity index (χ2n) is 5.47. The fraction of sp³-hybridized carbons (Fsp3) is 0.158. The molecule has 0 saturated carbocycles. The standard InChI is InChI=1S/C19H15NO5/c1-22-14-5-3-13(4-6-14)18-20-15(19(21)25-18)10-12-2-7-16-17(11-12)24-9-8-23-16/h2-7,10-11H,8-9H2,1H3/b15-10-. The van der Waals surface area contributed by atoms with Crippen molar-refractivity contribution in [2.45, 2.75) is 0 Å². The minimum atomic E-state index is -0.485. The predicted molar refractivity (Wildman–Crippen MR) is 91.0 cm³/mol. The Morgan fingerprint density at radius 1 is 1.04 bits per heavy atom. The topological polar surface area (TPSA) is 66.3 Å². The van der Waals surface area contributed by atoms with Crippen LogP contribution in [0, 0.1) is 0 Å². The highest BCUT2D eigenvalue weighted by atomic mass is 16.6. The quantitative estimate of drug-likeness (QED) is 0.636. The Kier molecular flexibility index (Phi) is 3.85. The summed E-state index contributed by atoms with van der Waals surface area (Å²) in [6.45, 7) is 1.05. The molecule has 0 radical (unpaired) electrons. The Balaban J connectivity index is 1.62. The molecule has 2 heterocycles. The molecule has 0 bridgehead atoms. The average Bonchev–Trinajstić information content (AvgIpc) is 3.02. The number of esters is 1. The summed E-state index contributed by atoms with van der Waals surface area (Å²) in [5.41, 5.74) is 1.73. The summed E-state index contributed by atoms with van der Waals surface area (Å²) in [5, 5.41) is 0. The molecule has 2 aliphatic heterocycles. The number of benzene rings is 2. The van der Waals surface area contributed by atoms with Gasteiger partial charge in [-0.3, -0.25) is 0 Å². The Hall–Kier alpha value is -3.28. The van der Waals surface area contributed by atoms with Crippen LogP contribution in [0.3, 0.4) is 0 Å². The molecule has 0 aliphatic carbocycles. The molecule has 0 atom stereocenters. The molecule has 6 nitrogen and oxygen atoms in total. The number of carbonyl (C=O) groups excluding carboxylic acids is 1. The van der Waals surface area contributed by atoms with Gasteiger partial charge >= 0.3 is 5.97 Å². The molecule has 0 saturated heterocycles. The van der Waals surface area contributed by atoms with E-state index < -0.39 is 5.97 Å². The van der Waals surface area contributed by atoms with Gasteiger partial charge in [-0.2, -0.15) is 0 Å². The van der Waals surface area contributed by atoms with E-state index in [1.807, 2.05) is 18.2 Å². The van der Waals surface area contributed by atoms with Crippen molar-refractivity contribution in [1.29, 1.82) is 0 Å². The second-order valence-corrected chi connectivity index (χ2v) is 5.47. The summed E-state index contributed by atoms with van der Waals surface area (Å²) in [5.74, 6) is 1.87. The lowest BCUT2D eigenvalue weighted by atomic mass is 10.1. The monoisotopic (exact) mass is 337 g/mol.